The highest BCUT2D eigenvalue weighted by molar-refractivity contribution is 7.80. The number of carbonyl (C=O) groups is 1. The van der Waals surface area contributed by atoms with Gasteiger partial charge in [-0.3, -0.25) is 4.79 Å². The summed E-state index contributed by atoms with van der Waals surface area (Å²) in [6.07, 6.45) is 0. The Morgan fingerprint density at radius 1 is 1.43 bits per heavy atom. The highest BCUT2D eigenvalue weighted by atomic mass is 32.1. The summed E-state index contributed by atoms with van der Waals surface area (Å²) < 4.78 is 10.1. The van der Waals surface area contributed by atoms with E-state index in [9.17, 15) is 4.79 Å². The first-order valence-corrected chi connectivity index (χ1v) is 5.32. The molecule has 4 nitrogen and oxygen atoms in total. The number of hydrogen-bond donors (Lipinski definition) is 2. The first kappa shape index (κ1) is 13.7. The van der Waals surface area contributed by atoms with Crippen molar-refractivity contribution >= 4 is 18.6 Å². The number of rotatable bonds is 7. The van der Waals surface area contributed by atoms with Crippen LogP contribution >= 0.6 is 12.6 Å². The summed E-state index contributed by atoms with van der Waals surface area (Å²) in [6, 6.07) is -0.636. The summed E-state index contributed by atoms with van der Waals surface area (Å²) in [7, 11) is 0. The standard InChI is InChI=1S/C9H19NO3S/c1-7(2)5-12-3-4-13-9(11)8(10)6-14/h7-8,14H,3-6,10H2,1-2H3. The Morgan fingerprint density at radius 3 is 2.57 bits per heavy atom. The molecule has 0 aliphatic heterocycles. The SMILES string of the molecule is CC(C)COCCOC(=O)C(N)CS. The molecule has 0 rings (SSSR count). The zero-order valence-corrected chi connectivity index (χ0v) is 9.63. The van der Waals surface area contributed by atoms with E-state index in [0.717, 1.165) is 0 Å². The van der Waals surface area contributed by atoms with Crippen molar-refractivity contribution in [2.75, 3.05) is 25.6 Å². The number of thiol groups is 1. The molecule has 0 radical (unpaired) electrons. The van der Waals surface area contributed by atoms with E-state index in [2.05, 4.69) is 26.5 Å². The molecule has 0 bridgehead atoms. The number of ether oxygens (including phenoxy) is 2. The fourth-order valence-electron chi connectivity index (χ4n) is 0.702. The smallest absolute Gasteiger partial charge is 0.323 e. The number of esters is 1. The first-order valence-electron chi connectivity index (χ1n) is 4.68. The van der Waals surface area contributed by atoms with Crippen molar-refractivity contribution in [2.45, 2.75) is 19.9 Å². The van der Waals surface area contributed by atoms with Crippen LogP contribution in [0.4, 0.5) is 0 Å². The van der Waals surface area contributed by atoms with Crippen LogP contribution in [-0.4, -0.2) is 37.6 Å². The molecule has 0 aliphatic rings. The molecule has 2 N–H and O–H groups in total. The van der Waals surface area contributed by atoms with Crippen molar-refractivity contribution in [2.24, 2.45) is 11.7 Å². The summed E-state index contributed by atoms with van der Waals surface area (Å²) in [5.74, 6) is 0.365. The minimum Gasteiger partial charge on any atom is -0.462 e. The third-order valence-corrected chi connectivity index (χ3v) is 1.82. The lowest BCUT2D eigenvalue weighted by molar-refractivity contribution is -0.146. The highest BCUT2D eigenvalue weighted by Crippen LogP contribution is 1.93. The Bertz CT molecular complexity index is 164. The van der Waals surface area contributed by atoms with E-state index in [1.165, 1.54) is 0 Å². The van der Waals surface area contributed by atoms with E-state index in [1.54, 1.807) is 0 Å². The maximum atomic E-state index is 11.0. The van der Waals surface area contributed by atoms with Crippen molar-refractivity contribution < 1.29 is 14.3 Å². The quantitative estimate of drug-likeness (QED) is 0.372. The summed E-state index contributed by atoms with van der Waals surface area (Å²) >= 11 is 3.89. The normalized spacial score (nSPS) is 12.9. The molecule has 0 aromatic rings. The molecule has 0 amide bonds. The molecule has 84 valence electrons. The highest BCUT2D eigenvalue weighted by Gasteiger charge is 2.12. The van der Waals surface area contributed by atoms with Crippen LogP contribution in [-0.2, 0) is 14.3 Å². The van der Waals surface area contributed by atoms with Gasteiger partial charge < -0.3 is 15.2 Å². The van der Waals surface area contributed by atoms with Gasteiger partial charge in [-0.05, 0) is 5.92 Å². The van der Waals surface area contributed by atoms with Gasteiger partial charge in [0, 0.05) is 12.4 Å². The minimum atomic E-state index is -0.636. The Balaban J connectivity index is 3.32. The molecule has 1 atom stereocenters. The zero-order valence-electron chi connectivity index (χ0n) is 8.73. The maximum Gasteiger partial charge on any atom is 0.323 e. The van der Waals surface area contributed by atoms with Crippen molar-refractivity contribution in [3.63, 3.8) is 0 Å². The van der Waals surface area contributed by atoms with Crippen LogP contribution in [0.25, 0.3) is 0 Å². The third-order valence-electron chi connectivity index (χ3n) is 1.42. The lowest BCUT2D eigenvalue weighted by Gasteiger charge is -2.10. The Kier molecular flexibility index (Phi) is 7.93. The van der Waals surface area contributed by atoms with Gasteiger partial charge in [0.05, 0.1) is 6.61 Å². The largest absolute Gasteiger partial charge is 0.462 e. The average molecular weight is 221 g/mol. The molecule has 0 aromatic heterocycles. The minimum absolute atomic E-state index is 0.257. The Hall–Kier alpha value is -0.260. The van der Waals surface area contributed by atoms with E-state index in [1.807, 2.05) is 0 Å². The van der Waals surface area contributed by atoms with E-state index >= 15 is 0 Å². The van der Waals surface area contributed by atoms with Gasteiger partial charge in [-0.15, -0.1) is 0 Å². The Labute approximate surface area is 90.5 Å². The number of nitrogens with two attached hydrogens (primary N) is 1. The van der Waals surface area contributed by atoms with Crippen molar-refractivity contribution in [1.82, 2.24) is 0 Å². The van der Waals surface area contributed by atoms with Gasteiger partial charge in [-0.1, -0.05) is 13.8 Å². The molecule has 0 spiro atoms. The molecule has 0 heterocycles. The first-order chi connectivity index (χ1) is 6.57. The fraction of sp³-hybridized carbons (Fsp3) is 0.889. The van der Waals surface area contributed by atoms with Crippen LogP contribution in [0.15, 0.2) is 0 Å². The van der Waals surface area contributed by atoms with E-state index in [4.69, 9.17) is 15.2 Å². The van der Waals surface area contributed by atoms with Gasteiger partial charge >= 0.3 is 5.97 Å². The average Bonchev–Trinajstić information content (AvgIpc) is 2.15. The summed E-state index contributed by atoms with van der Waals surface area (Å²) in [5.41, 5.74) is 5.39. The van der Waals surface area contributed by atoms with Gasteiger partial charge in [0.2, 0.25) is 0 Å². The lowest BCUT2D eigenvalue weighted by Crippen LogP contribution is -2.34. The molecular formula is C9H19NO3S. The van der Waals surface area contributed by atoms with E-state index in [-0.39, 0.29) is 6.61 Å². The van der Waals surface area contributed by atoms with Crippen LogP contribution in [0.2, 0.25) is 0 Å². The van der Waals surface area contributed by atoms with Crippen molar-refractivity contribution in [3.05, 3.63) is 0 Å². The maximum absolute atomic E-state index is 11.0. The number of carbonyl (C=O) groups excluding carboxylic acids is 1. The topological polar surface area (TPSA) is 61.5 Å². The van der Waals surface area contributed by atoms with Gasteiger partial charge in [-0.25, -0.2) is 0 Å². The summed E-state index contributed by atoms with van der Waals surface area (Å²) in [4.78, 5) is 11.0. The van der Waals surface area contributed by atoms with Gasteiger partial charge in [-0.2, -0.15) is 12.6 Å². The molecule has 0 fully saturated rings. The molecule has 0 saturated heterocycles. The molecular weight excluding hydrogens is 202 g/mol. The zero-order chi connectivity index (χ0) is 11.0. The summed E-state index contributed by atoms with van der Waals surface area (Å²) in [5, 5.41) is 0. The van der Waals surface area contributed by atoms with Crippen molar-refractivity contribution in [1.29, 1.82) is 0 Å². The van der Waals surface area contributed by atoms with Crippen LogP contribution in [0.5, 0.6) is 0 Å². The lowest BCUT2D eigenvalue weighted by atomic mass is 10.2. The van der Waals surface area contributed by atoms with Crippen LogP contribution in [0.3, 0.4) is 0 Å². The van der Waals surface area contributed by atoms with Gasteiger partial charge in [0.15, 0.2) is 0 Å². The second-order valence-electron chi connectivity index (χ2n) is 3.43. The monoisotopic (exact) mass is 221 g/mol. The molecule has 0 saturated carbocycles. The predicted molar refractivity (Wildman–Crippen MR) is 58.4 cm³/mol. The predicted octanol–water partition coefficient (Wildman–Crippen LogP) is 0.459. The Morgan fingerprint density at radius 2 is 2.07 bits per heavy atom. The van der Waals surface area contributed by atoms with Crippen LogP contribution in [0, 0.1) is 5.92 Å². The van der Waals surface area contributed by atoms with Crippen molar-refractivity contribution in [3.8, 4) is 0 Å². The molecule has 5 heteroatoms. The second kappa shape index (κ2) is 8.08. The number of hydrogen-bond acceptors (Lipinski definition) is 5. The molecule has 14 heavy (non-hydrogen) atoms. The van der Waals surface area contributed by atoms with Gasteiger partial charge in [0.25, 0.3) is 0 Å². The van der Waals surface area contributed by atoms with E-state index in [0.29, 0.717) is 24.9 Å². The second-order valence-corrected chi connectivity index (χ2v) is 3.79. The van der Waals surface area contributed by atoms with Gasteiger partial charge in [0.1, 0.15) is 12.6 Å². The summed E-state index contributed by atoms with van der Waals surface area (Å²) in [6.45, 7) is 5.47. The van der Waals surface area contributed by atoms with Crippen LogP contribution in [0.1, 0.15) is 13.8 Å². The molecule has 1 unspecified atom stereocenters. The van der Waals surface area contributed by atoms with E-state index < -0.39 is 12.0 Å². The fourth-order valence-corrected chi connectivity index (χ4v) is 0.851. The molecule has 0 aliphatic carbocycles. The van der Waals surface area contributed by atoms with Crippen LogP contribution < -0.4 is 5.73 Å². The third kappa shape index (κ3) is 7.17. The molecule has 0 aromatic carbocycles.